The van der Waals surface area contributed by atoms with Crippen molar-refractivity contribution in [3.63, 3.8) is 0 Å². The molecule has 1 atom stereocenters. The molecule has 3 N–H and O–H groups in total. The number of likely N-dealkylation sites (tertiary alicyclic amines) is 1. The Kier molecular flexibility index (Phi) is 4.73. The van der Waals surface area contributed by atoms with Crippen molar-refractivity contribution in [1.82, 2.24) is 14.9 Å². The van der Waals surface area contributed by atoms with E-state index >= 15 is 0 Å². The molecule has 0 saturated carbocycles. The minimum atomic E-state index is -0.721. The zero-order valence-corrected chi connectivity index (χ0v) is 15.1. The summed E-state index contributed by atoms with van der Waals surface area (Å²) in [7, 11) is 1.90. The molecule has 8 nitrogen and oxygen atoms in total. The van der Waals surface area contributed by atoms with Crippen LogP contribution in [0.25, 0.3) is 0 Å². The molecule has 1 aromatic heterocycles. The topological polar surface area (TPSA) is 105 Å². The van der Waals surface area contributed by atoms with Gasteiger partial charge >= 0.3 is 5.97 Å². The number of hydrogen-bond acceptors (Lipinski definition) is 7. The van der Waals surface area contributed by atoms with Gasteiger partial charge in [-0.25, -0.2) is 0 Å². The first-order valence-corrected chi connectivity index (χ1v) is 8.77. The predicted molar refractivity (Wildman–Crippen MR) is 94.8 cm³/mol. The van der Waals surface area contributed by atoms with E-state index in [0.29, 0.717) is 5.88 Å². The Balaban J connectivity index is 1.69. The van der Waals surface area contributed by atoms with Crippen molar-refractivity contribution in [3.05, 3.63) is 6.07 Å². The second-order valence-corrected chi connectivity index (χ2v) is 7.55. The molecule has 2 fully saturated rings. The van der Waals surface area contributed by atoms with E-state index in [9.17, 15) is 9.90 Å². The molecule has 1 aromatic rings. The van der Waals surface area contributed by atoms with E-state index < -0.39 is 5.97 Å². The lowest BCUT2D eigenvalue weighted by atomic mass is 9.76. The molecule has 0 bridgehead atoms. The lowest BCUT2D eigenvalue weighted by Crippen LogP contribution is -2.41. The van der Waals surface area contributed by atoms with E-state index in [1.54, 1.807) is 0 Å². The van der Waals surface area contributed by atoms with Gasteiger partial charge in [-0.1, -0.05) is 0 Å². The summed E-state index contributed by atoms with van der Waals surface area (Å²) >= 11 is 0. The van der Waals surface area contributed by atoms with Crippen LogP contribution in [0, 0.1) is 5.41 Å². The van der Waals surface area contributed by atoms with Crippen LogP contribution in [0.3, 0.4) is 0 Å². The molecule has 3 heterocycles. The van der Waals surface area contributed by atoms with Gasteiger partial charge < -0.3 is 20.5 Å². The van der Waals surface area contributed by atoms with Crippen molar-refractivity contribution in [2.45, 2.75) is 45.3 Å². The van der Waals surface area contributed by atoms with Crippen LogP contribution in [-0.2, 0) is 4.79 Å². The lowest BCUT2D eigenvalue weighted by molar-refractivity contribution is -0.141. The number of carbonyl (C=O) groups is 1. The molecular formula is C17H27N5O3. The third-order valence-electron chi connectivity index (χ3n) is 5.24. The zero-order chi connectivity index (χ0) is 18.2. The van der Waals surface area contributed by atoms with Crippen LogP contribution in [0.15, 0.2) is 6.07 Å². The largest absolute Gasteiger partial charge is 0.480 e. The Morgan fingerprint density at radius 2 is 2.08 bits per heavy atom. The normalized spacial score (nSPS) is 23.4. The number of nitrogen functional groups attached to an aromatic ring is 1. The number of rotatable bonds is 4. The van der Waals surface area contributed by atoms with Crippen molar-refractivity contribution in [2.75, 3.05) is 37.3 Å². The first-order chi connectivity index (χ1) is 11.8. The third kappa shape index (κ3) is 3.78. The highest BCUT2D eigenvalue weighted by Crippen LogP contribution is 2.43. The highest BCUT2D eigenvalue weighted by molar-refractivity contribution is 5.74. The maximum atomic E-state index is 11.4. The summed E-state index contributed by atoms with van der Waals surface area (Å²) in [4.78, 5) is 24.0. The number of ether oxygens (including phenoxy) is 1. The number of aliphatic carboxylic acids is 1. The number of nitrogens with zero attached hydrogens (tertiary/aromatic N) is 4. The number of carboxylic acid groups (broad SMARTS) is 1. The smallest absolute Gasteiger partial charge is 0.320 e. The molecule has 0 aromatic carbocycles. The number of anilines is 2. The third-order valence-corrected chi connectivity index (χ3v) is 5.24. The second-order valence-electron chi connectivity index (χ2n) is 7.55. The Morgan fingerprint density at radius 3 is 2.64 bits per heavy atom. The Bertz CT molecular complexity index is 643. The van der Waals surface area contributed by atoms with Gasteiger partial charge in [-0.2, -0.15) is 9.97 Å². The van der Waals surface area contributed by atoms with Gasteiger partial charge in [0.1, 0.15) is 11.9 Å². The number of nitrogens with two attached hydrogens (primary N) is 1. The summed E-state index contributed by atoms with van der Waals surface area (Å²) in [6.07, 6.45) is 2.64. The van der Waals surface area contributed by atoms with E-state index in [4.69, 9.17) is 10.5 Å². The first kappa shape index (κ1) is 17.7. The molecule has 25 heavy (non-hydrogen) atoms. The number of hydrogen-bond donors (Lipinski definition) is 2. The van der Waals surface area contributed by atoms with Crippen LogP contribution in [0.1, 0.15) is 33.1 Å². The summed E-state index contributed by atoms with van der Waals surface area (Å²) < 4.78 is 5.64. The molecule has 138 valence electrons. The molecule has 0 unspecified atom stereocenters. The molecule has 3 rings (SSSR count). The van der Waals surface area contributed by atoms with Crippen LogP contribution in [0.2, 0.25) is 0 Å². The second kappa shape index (κ2) is 6.67. The summed E-state index contributed by atoms with van der Waals surface area (Å²) in [6, 6.07) is 1.46. The van der Waals surface area contributed by atoms with Crippen molar-refractivity contribution in [2.24, 2.45) is 5.41 Å². The van der Waals surface area contributed by atoms with Gasteiger partial charge in [0.05, 0.1) is 6.10 Å². The monoisotopic (exact) mass is 349 g/mol. The average Bonchev–Trinajstić information content (AvgIpc) is 2.83. The standard InChI is InChI=1S/C17H27N5O3/c1-11(2)25-14-8-13(19-16(18)20-14)22-6-4-17(5-7-22)9-12(15(23)24)21(3)10-17/h8,11-12H,4-7,9-10H2,1-3H3,(H,23,24)(H2,18,19,20)/t12-/m0/s1. The van der Waals surface area contributed by atoms with Crippen molar-refractivity contribution in [3.8, 4) is 5.88 Å². The number of likely N-dealkylation sites (N-methyl/N-ethyl adjacent to an activating group) is 1. The summed E-state index contributed by atoms with van der Waals surface area (Å²) in [6.45, 7) is 6.39. The molecule has 8 heteroatoms. The molecule has 2 aliphatic heterocycles. The summed E-state index contributed by atoms with van der Waals surface area (Å²) in [5.74, 6) is 0.754. The molecule has 0 aliphatic carbocycles. The van der Waals surface area contributed by atoms with Crippen molar-refractivity contribution < 1.29 is 14.6 Å². The van der Waals surface area contributed by atoms with Crippen LogP contribution in [-0.4, -0.2) is 64.8 Å². The van der Waals surface area contributed by atoms with Gasteiger partial charge in [-0.15, -0.1) is 0 Å². The van der Waals surface area contributed by atoms with Crippen LogP contribution in [0.4, 0.5) is 11.8 Å². The molecule has 2 saturated heterocycles. The van der Waals surface area contributed by atoms with Gasteiger partial charge in [0, 0.05) is 25.7 Å². The molecule has 0 amide bonds. The number of aromatic nitrogens is 2. The van der Waals surface area contributed by atoms with E-state index in [1.165, 1.54) is 0 Å². The lowest BCUT2D eigenvalue weighted by Gasteiger charge is -2.39. The maximum absolute atomic E-state index is 11.4. The van der Waals surface area contributed by atoms with Gasteiger partial charge in [0.25, 0.3) is 0 Å². The van der Waals surface area contributed by atoms with Crippen molar-refractivity contribution >= 4 is 17.7 Å². The van der Waals surface area contributed by atoms with E-state index in [-0.39, 0.29) is 23.5 Å². The highest BCUT2D eigenvalue weighted by atomic mass is 16.5. The maximum Gasteiger partial charge on any atom is 0.320 e. The summed E-state index contributed by atoms with van der Waals surface area (Å²) in [5, 5.41) is 9.36. The predicted octanol–water partition coefficient (Wildman–Crippen LogP) is 1.22. The Hall–Kier alpha value is -2.09. The average molecular weight is 349 g/mol. The fourth-order valence-electron chi connectivity index (χ4n) is 4.01. The summed E-state index contributed by atoms with van der Waals surface area (Å²) in [5.41, 5.74) is 5.91. The van der Waals surface area contributed by atoms with Crippen LogP contribution in [0.5, 0.6) is 5.88 Å². The van der Waals surface area contributed by atoms with Gasteiger partial charge in [0.2, 0.25) is 11.8 Å². The van der Waals surface area contributed by atoms with Crippen molar-refractivity contribution in [1.29, 1.82) is 0 Å². The molecule has 2 aliphatic rings. The Labute approximate surface area is 148 Å². The van der Waals surface area contributed by atoms with E-state index in [2.05, 4.69) is 14.9 Å². The minimum absolute atomic E-state index is 0.0220. The molecule has 0 radical (unpaired) electrons. The Morgan fingerprint density at radius 1 is 1.40 bits per heavy atom. The quantitative estimate of drug-likeness (QED) is 0.836. The molecular weight excluding hydrogens is 322 g/mol. The van der Waals surface area contributed by atoms with Gasteiger partial charge in [-0.05, 0) is 45.6 Å². The zero-order valence-electron chi connectivity index (χ0n) is 15.1. The number of carboxylic acids is 1. The first-order valence-electron chi connectivity index (χ1n) is 8.77. The van der Waals surface area contributed by atoms with E-state index in [0.717, 1.165) is 44.7 Å². The van der Waals surface area contributed by atoms with Crippen LogP contribution < -0.4 is 15.4 Å². The highest BCUT2D eigenvalue weighted by Gasteiger charge is 2.46. The molecule has 1 spiro atoms. The van der Waals surface area contributed by atoms with Gasteiger partial charge in [-0.3, -0.25) is 9.69 Å². The van der Waals surface area contributed by atoms with Gasteiger partial charge in [0.15, 0.2) is 0 Å². The van der Waals surface area contributed by atoms with E-state index in [1.807, 2.05) is 31.9 Å². The SMILES string of the molecule is CC(C)Oc1cc(N2CCC3(CC2)C[C@@H](C(=O)O)N(C)C3)nc(N)n1. The fourth-order valence-corrected chi connectivity index (χ4v) is 4.01. The van der Waals surface area contributed by atoms with Crippen LogP contribution >= 0.6 is 0 Å². The number of piperidine rings is 1. The minimum Gasteiger partial charge on any atom is -0.480 e. The fraction of sp³-hybridized carbons (Fsp3) is 0.706.